The second-order valence-electron chi connectivity index (χ2n) is 21.8. The van der Waals surface area contributed by atoms with E-state index in [-0.39, 0.29) is 39.5 Å². The second-order valence-corrected chi connectivity index (χ2v) is 21.8. The maximum absolute atomic E-state index is 14.4. The van der Waals surface area contributed by atoms with Crippen LogP contribution in [0.15, 0.2) is 152 Å². The van der Waals surface area contributed by atoms with Crippen molar-refractivity contribution in [2.75, 3.05) is 14.7 Å². The molecule has 0 N–H and O–H groups in total. The topological polar surface area (TPSA) is 140 Å². The number of fused-ring (bicyclic) bond motifs is 3. The Morgan fingerprint density at radius 3 is 0.936 bits per heavy atom. The van der Waals surface area contributed by atoms with E-state index in [1.54, 1.807) is 81.4 Å². The van der Waals surface area contributed by atoms with Crippen LogP contribution < -0.4 is 28.9 Å². The van der Waals surface area contributed by atoms with Gasteiger partial charge in [0.1, 0.15) is 34.5 Å². The third-order valence-electron chi connectivity index (χ3n) is 15.2. The Hall–Kier alpha value is -9.42. The summed E-state index contributed by atoms with van der Waals surface area (Å²) in [5.74, 6) is -0.0452. The summed E-state index contributed by atoms with van der Waals surface area (Å²) in [5, 5.41) is 0. The highest BCUT2D eigenvalue weighted by Crippen LogP contribution is 2.44. The monoisotopic (exact) mass is 1030 g/mol. The van der Waals surface area contributed by atoms with Gasteiger partial charge in [0.15, 0.2) is 0 Å². The minimum atomic E-state index is -0.561. The highest BCUT2D eigenvalue weighted by Gasteiger charge is 2.43. The highest BCUT2D eigenvalue weighted by atomic mass is 16.5. The molecule has 0 bridgehead atoms. The number of benzene rings is 8. The van der Waals surface area contributed by atoms with Crippen LogP contribution in [-0.2, 0) is 10.8 Å². The summed E-state index contributed by atoms with van der Waals surface area (Å²) in [6, 6.07) is 45.1. The zero-order valence-electron chi connectivity index (χ0n) is 44.9. The molecule has 12 heteroatoms. The number of amides is 6. The van der Waals surface area contributed by atoms with Crippen molar-refractivity contribution in [2.45, 2.75) is 80.1 Å². The van der Waals surface area contributed by atoms with Crippen LogP contribution in [0.5, 0.6) is 34.5 Å². The lowest BCUT2D eigenvalue weighted by Gasteiger charge is -2.26. The number of hydrogen-bond donors (Lipinski definition) is 0. The minimum absolute atomic E-state index is 0.0317. The van der Waals surface area contributed by atoms with Crippen LogP contribution in [0.25, 0.3) is 0 Å². The van der Waals surface area contributed by atoms with E-state index in [0.29, 0.717) is 79.4 Å². The van der Waals surface area contributed by atoms with Crippen molar-refractivity contribution < 1.29 is 43.0 Å². The molecule has 0 atom stereocenters. The molecule has 0 fully saturated rings. The van der Waals surface area contributed by atoms with Crippen molar-refractivity contribution in [3.8, 4) is 34.5 Å². The van der Waals surface area contributed by atoms with Crippen LogP contribution >= 0.6 is 0 Å². The van der Waals surface area contributed by atoms with Gasteiger partial charge in [-0.25, -0.2) is 14.7 Å². The summed E-state index contributed by atoms with van der Waals surface area (Å²) < 4.78 is 18.6. The van der Waals surface area contributed by atoms with E-state index in [1.807, 2.05) is 105 Å². The van der Waals surface area contributed by atoms with Crippen LogP contribution in [0.4, 0.5) is 17.1 Å². The number of carbonyl (C=O) groups is 6. The van der Waals surface area contributed by atoms with E-state index in [0.717, 1.165) is 37.6 Å². The third kappa shape index (κ3) is 8.50. The predicted molar refractivity (Wildman–Crippen MR) is 300 cm³/mol. The number of ether oxygens (including phenoxy) is 3. The molecule has 12 nitrogen and oxygen atoms in total. The normalized spacial score (nSPS) is 14.1. The number of rotatable bonds is 11. The SMILES string of the molecule is Cc1cccc(C)c1N1C(=O)c2ccc(Oc3ccc(C(C)(C)c4ccc(Oc5ccc6c(c5)C(=O)N(c5c(C)cc(C)c(N7C(=O)c8ccc(Oc9ccc(C(C)(C)C)cc9)cc8C7=O)c5C)C6=O)cc4)cc3)cc2C1=O. The summed E-state index contributed by atoms with van der Waals surface area (Å²) in [6.45, 7) is 19.7. The molecular formula is C66H55N3O9. The summed E-state index contributed by atoms with van der Waals surface area (Å²) in [5.41, 5.74) is 8.60. The van der Waals surface area contributed by atoms with Gasteiger partial charge in [-0.05, 0) is 176 Å². The quantitative estimate of drug-likeness (QED) is 0.116. The molecule has 0 spiro atoms. The van der Waals surface area contributed by atoms with E-state index in [4.69, 9.17) is 14.2 Å². The van der Waals surface area contributed by atoms with Gasteiger partial charge in [0.05, 0.1) is 50.4 Å². The van der Waals surface area contributed by atoms with Gasteiger partial charge in [-0.1, -0.05) is 95.3 Å². The number of imide groups is 3. The maximum atomic E-state index is 14.4. The lowest BCUT2D eigenvalue weighted by molar-refractivity contribution is 0.0909. The number of carbonyl (C=O) groups excluding carboxylic acids is 6. The molecule has 388 valence electrons. The van der Waals surface area contributed by atoms with Gasteiger partial charge in [0.25, 0.3) is 35.4 Å². The molecule has 3 heterocycles. The zero-order valence-corrected chi connectivity index (χ0v) is 44.9. The first-order valence-corrected chi connectivity index (χ1v) is 25.7. The summed E-state index contributed by atoms with van der Waals surface area (Å²) in [7, 11) is 0. The first-order chi connectivity index (χ1) is 37.1. The Morgan fingerprint density at radius 1 is 0.308 bits per heavy atom. The van der Waals surface area contributed by atoms with Gasteiger partial charge in [-0.2, -0.15) is 0 Å². The van der Waals surface area contributed by atoms with Gasteiger partial charge >= 0.3 is 0 Å². The number of anilines is 3. The molecule has 0 aliphatic carbocycles. The van der Waals surface area contributed by atoms with Crippen molar-refractivity contribution >= 4 is 52.5 Å². The van der Waals surface area contributed by atoms with Crippen molar-refractivity contribution in [3.63, 3.8) is 0 Å². The fraction of sp³-hybridized carbons (Fsp3) is 0.182. The van der Waals surface area contributed by atoms with E-state index < -0.39 is 29.0 Å². The van der Waals surface area contributed by atoms with Crippen LogP contribution in [0.3, 0.4) is 0 Å². The second kappa shape index (κ2) is 18.7. The van der Waals surface area contributed by atoms with E-state index in [9.17, 15) is 28.8 Å². The summed E-state index contributed by atoms with van der Waals surface area (Å²) in [4.78, 5) is 87.4. The average Bonchev–Trinajstić information content (AvgIpc) is 4.15. The molecule has 78 heavy (non-hydrogen) atoms. The first-order valence-electron chi connectivity index (χ1n) is 25.7. The Bertz CT molecular complexity index is 3880. The van der Waals surface area contributed by atoms with Gasteiger partial charge < -0.3 is 14.2 Å². The largest absolute Gasteiger partial charge is 0.457 e. The molecule has 0 saturated heterocycles. The predicted octanol–water partition coefficient (Wildman–Crippen LogP) is 14.6. The third-order valence-corrected chi connectivity index (χ3v) is 15.2. The van der Waals surface area contributed by atoms with Crippen molar-refractivity contribution in [2.24, 2.45) is 0 Å². The molecule has 0 aromatic heterocycles. The fourth-order valence-electron chi connectivity index (χ4n) is 10.9. The standard InChI is InChI=1S/C66H55N3O9/c1-36-12-11-13-37(2)56(36)67-59(70)50-29-26-47(33-53(50)62(67)73)77-45-22-16-42(17-23-45)66(9,10)43-18-24-46(25-19-43)78-49-28-31-52-55(35-49)64(75)69(61(52)72)58-39(4)32-38(3)57(40(58)5)68-60(71)51-30-27-48(34-54(51)63(68)74)76-44-20-14-41(15-21-44)65(6,7)8/h11-35H,1-10H3. The molecule has 8 aromatic rings. The van der Waals surface area contributed by atoms with Crippen molar-refractivity contribution in [1.29, 1.82) is 0 Å². The minimum Gasteiger partial charge on any atom is -0.457 e. The Labute approximate surface area is 452 Å². The van der Waals surface area contributed by atoms with Crippen LogP contribution in [-0.4, -0.2) is 35.4 Å². The van der Waals surface area contributed by atoms with Crippen LogP contribution in [0, 0.1) is 34.6 Å². The van der Waals surface area contributed by atoms with E-state index in [1.165, 1.54) is 4.90 Å². The highest BCUT2D eigenvalue weighted by molar-refractivity contribution is 6.37. The van der Waals surface area contributed by atoms with E-state index in [2.05, 4.69) is 34.6 Å². The van der Waals surface area contributed by atoms with Gasteiger partial charge in [0.2, 0.25) is 0 Å². The van der Waals surface area contributed by atoms with Crippen molar-refractivity contribution in [3.05, 3.63) is 230 Å². The first kappa shape index (κ1) is 50.7. The van der Waals surface area contributed by atoms with Crippen LogP contribution in [0.2, 0.25) is 0 Å². The number of para-hydroxylation sites is 1. The molecular weight excluding hydrogens is 979 g/mol. The Morgan fingerprint density at radius 2 is 0.603 bits per heavy atom. The average molecular weight is 1030 g/mol. The summed E-state index contributed by atoms with van der Waals surface area (Å²) in [6.07, 6.45) is 0. The van der Waals surface area contributed by atoms with Gasteiger partial charge in [0, 0.05) is 5.41 Å². The Kier molecular flexibility index (Phi) is 12.2. The molecule has 11 rings (SSSR count). The number of hydrogen-bond acceptors (Lipinski definition) is 9. The van der Waals surface area contributed by atoms with Crippen molar-refractivity contribution in [1.82, 2.24) is 0 Å². The molecule has 0 unspecified atom stereocenters. The molecule has 3 aliphatic heterocycles. The smallest absolute Gasteiger partial charge is 0.266 e. The zero-order chi connectivity index (χ0) is 55.3. The van der Waals surface area contributed by atoms with Gasteiger partial charge in [-0.15, -0.1) is 0 Å². The fourth-order valence-corrected chi connectivity index (χ4v) is 10.9. The summed E-state index contributed by atoms with van der Waals surface area (Å²) >= 11 is 0. The number of aryl methyl sites for hydroxylation is 4. The number of nitrogens with zero attached hydrogens (tertiary/aromatic N) is 3. The van der Waals surface area contributed by atoms with Crippen LogP contribution in [0.1, 0.15) is 141 Å². The maximum Gasteiger partial charge on any atom is 0.266 e. The van der Waals surface area contributed by atoms with Gasteiger partial charge in [-0.3, -0.25) is 28.8 Å². The Balaban J connectivity index is 0.767. The van der Waals surface area contributed by atoms with E-state index >= 15 is 0 Å². The molecule has 3 aliphatic rings. The lowest BCUT2D eigenvalue weighted by atomic mass is 9.78. The molecule has 6 amide bonds. The molecule has 0 saturated carbocycles. The molecule has 8 aromatic carbocycles. The lowest BCUT2D eigenvalue weighted by Crippen LogP contribution is -2.34. The molecule has 0 radical (unpaired) electrons.